The normalized spacial score (nSPS) is 12.9. The second-order valence-corrected chi connectivity index (χ2v) is 6.11. The molecule has 1 heterocycles. The summed E-state index contributed by atoms with van der Waals surface area (Å²) in [6, 6.07) is 11.0. The van der Waals surface area contributed by atoms with Gasteiger partial charge in [-0.05, 0) is 36.8 Å². The quantitative estimate of drug-likeness (QED) is 0.412. The van der Waals surface area contributed by atoms with Crippen molar-refractivity contribution in [2.45, 2.75) is 32.4 Å². The predicted molar refractivity (Wildman–Crippen MR) is 92.3 cm³/mol. The molecule has 2 aromatic carbocycles. The first-order valence-electron chi connectivity index (χ1n) is 8.43. The fourth-order valence-electron chi connectivity index (χ4n) is 2.82. The maximum absolute atomic E-state index is 13.5. The van der Waals surface area contributed by atoms with Crippen LogP contribution in [0.5, 0.6) is 5.75 Å². The van der Waals surface area contributed by atoms with Gasteiger partial charge >= 0.3 is 18.9 Å². The van der Waals surface area contributed by atoms with Gasteiger partial charge in [0.05, 0.1) is 17.5 Å². The third-order valence-corrected chi connectivity index (χ3v) is 4.00. The van der Waals surface area contributed by atoms with Crippen molar-refractivity contribution >= 4 is 17.0 Å². The molecule has 0 N–H and O–H groups in total. The highest BCUT2D eigenvalue weighted by Gasteiger charge is 2.31. The first-order valence-corrected chi connectivity index (χ1v) is 8.43. The van der Waals surface area contributed by atoms with Crippen LogP contribution in [0.25, 0.3) is 11.0 Å². The van der Waals surface area contributed by atoms with Gasteiger partial charge in [-0.15, -0.1) is 13.2 Å². The van der Waals surface area contributed by atoms with Crippen molar-refractivity contribution in [1.29, 1.82) is 0 Å². The van der Waals surface area contributed by atoms with Gasteiger partial charge in [-0.25, -0.2) is 4.98 Å². The molecule has 0 radical (unpaired) electrons. The maximum atomic E-state index is 13.5. The zero-order valence-corrected chi connectivity index (χ0v) is 15.0. The first kappa shape index (κ1) is 20.6. The topological polar surface area (TPSA) is 53.4 Å². The van der Waals surface area contributed by atoms with Crippen molar-refractivity contribution in [2.24, 2.45) is 0 Å². The third kappa shape index (κ3) is 5.01. The van der Waals surface area contributed by atoms with Crippen molar-refractivity contribution in [1.82, 2.24) is 9.55 Å². The second kappa shape index (κ2) is 8.06. The number of hydrogen-bond donors (Lipinski definition) is 0. The molecule has 0 spiro atoms. The Hall–Kier alpha value is -3.17. The number of hydrogen-bond acceptors (Lipinski definition) is 4. The summed E-state index contributed by atoms with van der Waals surface area (Å²) >= 11 is 0. The van der Waals surface area contributed by atoms with E-state index in [2.05, 4.69) is 9.72 Å². The van der Waals surface area contributed by atoms with Crippen molar-refractivity contribution in [3.05, 3.63) is 59.9 Å². The molecule has 0 saturated heterocycles. The molecule has 3 aromatic rings. The lowest BCUT2D eigenvalue weighted by atomic mass is 10.1. The summed E-state index contributed by atoms with van der Waals surface area (Å²) < 4.78 is 73.1. The van der Waals surface area contributed by atoms with Crippen LogP contribution in [0, 0.1) is 0 Å². The molecular formula is C19H15F5N2O3. The summed E-state index contributed by atoms with van der Waals surface area (Å²) in [6.07, 6.45) is -6.13. The van der Waals surface area contributed by atoms with Gasteiger partial charge in [-0.2, -0.15) is 8.78 Å². The first-order chi connectivity index (χ1) is 13.6. The molecule has 0 saturated carbocycles. The van der Waals surface area contributed by atoms with E-state index in [1.165, 1.54) is 25.1 Å². The number of benzene rings is 2. The van der Waals surface area contributed by atoms with E-state index < -0.39 is 30.7 Å². The molecule has 0 aliphatic rings. The van der Waals surface area contributed by atoms with Crippen LogP contribution in [-0.4, -0.2) is 21.9 Å². The number of halogens is 5. The van der Waals surface area contributed by atoms with Gasteiger partial charge in [-0.3, -0.25) is 9.36 Å². The molecule has 10 heteroatoms. The maximum Gasteiger partial charge on any atom is 0.573 e. The van der Waals surface area contributed by atoms with Crippen LogP contribution in [0.4, 0.5) is 22.0 Å². The summed E-state index contributed by atoms with van der Waals surface area (Å²) in [5.41, 5.74) is 0.922. The second-order valence-electron chi connectivity index (χ2n) is 6.11. The zero-order chi connectivity index (χ0) is 21.2. The van der Waals surface area contributed by atoms with Crippen LogP contribution in [0.15, 0.2) is 48.5 Å². The number of rotatable bonds is 6. The molecule has 0 amide bonds. The number of ether oxygens (including phenoxy) is 2. The Bertz CT molecular complexity index is 999. The highest BCUT2D eigenvalue weighted by Crippen LogP contribution is 2.28. The van der Waals surface area contributed by atoms with E-state index >= 15 is 0 Å². The molecule has 154 valence electrons. The number of carbonyl (C=O) groups is 1. The molecule has 0 fully saturated rings. The fraction of sp³-hybridized carbons (Fsp3) is 0.263. The Morgan fingerprint density at radius 1 is 1.10 bits per heavy atom. The van der Waals surface area contributed by atoms with Gasteiger partial charge in [0.2, 0.25) is 0 Å². The van der Waals surface area contributed by atoms with E-state index in [4.69, 9.17) is 4.74 Å². The number of nitrogens with zero attached hydrogens (tertiary/aromatic N) is 2. The van der Waals surface area contributed by atoms with Gasteiger partial charge < -0.3 is 9.47 Å². The molecular weight excluding hydrogens is 399 g/mol. The lowest BCUT2D eigenvalue weighted by molar-refractivity contribution is -0.274. The Kier molecular flexibility index (Phi) is 5.71. The highest BCUT2D eigenvalue weighted by molar-refractivity contribution is 5.76. The number of aromatic nitrogens is 2. The summed E-state index contributed by atoms with van der Waals surface area (Å²) in [4.78, 5) is 16.3. The summed E-state index contributed by atoms with van der Waals surface area (Å²) in [5, 5.41) is 0. The van der Waals surface area contributed by atoms with Gasteiger partial charge in [0, 0.05) is 0 Å². The summed E-state index contributed by atoms with van der Waals surface area (Å²) in [7, 11) is 0. The SMILES string of the molecule is CC(OC(=O)Cc1ccc(OC(F)(F)F)cc1)c1nc2ccccc2n1C(F)F. The van der Waals surface area contributed by atoms with Crippen LogP contribution in [0.3, 0.4) is 0 Å². The number of para-hydroxylation sites is 2. The average molecular weight is 414 g/mol. The molecule has 1 atom stereocenters. The molecule has 3 rings (SSSR count). The van der Waals surface area contributed by atoms with Crippen molar-refractivity contribution in [2.75, 3.05) is 0 Å². The minimum Gasteiger partial charge on any atom is -0.454 e. The van der Waals surface area contributed by atoms with Crippen LogP contribution in [-0.2, 0) is 16.0 Å². The molecule has 1 unspecified atom stereocenters. The van der Waals surface area contributed by atoms with Gasteiger partial charge in [0.1, 0.15) is 5.75 Å². The van der Waals surface area contributed by atoms with Crippen molar-refractivity contribution < 1.29 is 36.2 Å². The number of carbonyl (C=O) groups excluding carboxylic acids is 1. The largest absolute Gasteiger partial charge is 0.573 e. The van der Waals surface area contributed by atoms with E-state index in [9.17, 15) is 26.7 Å². The smallest absolute Gasteiger partial charge is 0.454 e. The fourth-order valence-corrected chi connectivity index (χ4v) is 2.82. The number of alkyl halides is 5. The molecule has 29 heavy (non-hydrogen) atoms. The van der Waals surface area contributed by atoms with E-state index in [1.54, 1.807) is 18.2 Å². The van der Waals surface area contributed by atoms with Crippen LogP contribution in [0.1, 0.15) is 31.0 Å². The number of fused-ring (bicyclic) bond motifs is 1. The molecule has 0 aliphatic heterocycles. The van der Waals surface area contributed by atoms with Gasteiger partial charge in [0.25, 0.3) is 0 Å². The Balaban J connectivity index is 1.70. The predicted octanol–water partition coefficient (Wildman–Crippen LogP) is 5.18. The minimum atomic E-state index is -4.81. The monoisotopic (exact) mass is 414 g/mol. The zero-order valence-electron chi connectivity index (χ0n) is 15.0. The minimum absolute atomic E-state index is 0.108. The van der Waals surface area contributed by atoms with Crippen molar-refractivity contribution in [3.63, 3.8) is 0 Å². The third-order valence-electron chi connectivity index (χ3n) is 4.00. The van der Waals surface area contributed by atoms with E-state index in [0.29, 0.717) is 15.6 Å². The van der Waals surface area contributed by atoms with Crippen LogP contribution >= 0.6 is 0 Å². The molecule has 5 nitrogen and oxygen atoms in total. The Labute approximate surface area is 161 Å². The Morgan fingerprint density at radius 2 is 1.76 bits per heavy atom. The Morgan fingerprint density at radius 3 is 2.38 bits per heavy atom. The van der Waals surface area contributed by atoms with Crippen LogP contribution < -0.4 is 4.74 Å². The summed E-state index contributed by atoms with van der Waals surface area (Å²) in [5.74, 6) is -1.27. The van der Waals surface area contributed by atoms with Crippen molar-refractivity contribution in [3.8, 4) is 5.75 Å². The van der Waals surface area contributed by atoms with E-state index in [-0.39, 0.29) is 17.8 Å². The molecule has 0 bridgehead atoms. The standard InChI is InChI=1S/C19H15F5N2O3/c1-11(17-25-14-4-2-3-5-15(14)26(17)18(20)21)28-16(27)10-12-6-8-13(9-7-12)29-19(22,23)24/h2-9,11,18H,10H2,1H3. The van der Waals surface area contributed by atoms with Gasteiger partial charge in [-0.1, -0.05) is 24.3 Å². The van der Waals surface area contributed by atoms with E-state index in [1.807, 2.05) is 0 Å². The summed E-state index contributed by atoms with van der Waals surface area (Å²) in [6.45, 7) is -1.46. The van der Waals surface area contributed by atoms with Crippen LogP contribution in [0.2, 0.25) is 0 Å². The average Bonchev–Trinajstić information content (AvgIpc) is 3.02. The van der Waals surface area contributed by atoms with E-state index in [0.717, 1.165) is 12.1 Å². The highest BCUT2D eigenvalue weighted by atomic mass is 19.4. The lowest BCUT2D eigenvalue weighted by Crippen LogP contribution is -2.17. The number of esters is 1. The molecule has 1 aromatic heterocycles. The molecule has 0 aliphatic carbocycles. The lowest BCUT2D eigenvalue weighted by Gasteiger charge is -2.15. The van der Waals surface area contributed by atoms with Gasteiger partial charge in [0.15, 0.2) is 11.9 Å². The number of imidazole rings is 1.